The summed E-state index contributed by atoms with van der Waals surface area (Å²) in [5, 5.41) is 0.141. The van der Waals surface area contributed by atoms with Crippen molar-refractivity contribution in [2.45, 2.75) is 23.5 Å². The normalized spacial score (nSPS) is 19.4. The van der Waals surface area contributed by atoms with E-state index in [0.29, 0.717) is 13.0 Å². The van der Waals surface area contributed by atoms with Crippen LogP contribution in [0, 0.1) is 0 Å². The summed E-state index contributed by atoms with van der Waals surface area (Å²) in [5.74, 6) is 1.19. The number of esters is 1. The standard InChI is InChI=1S/C18H23NO5S/c1-4-9-24-18(21)19-11-15(10-16(19)17(20)23-3)25-12-13-5-7-14(22-2)8-6-13/h4-8,15-16H,1,9-12H2,2-3H3/t15?,16-/m0/s1. The van der Waals surface area contributed by atoms with Crippen LogP contribution in [0.15, 0.2) is 36.9 Å². The Morgan fingerprint density at radius 2 is 2.04 bits per heavy atom. The fourth-order valence-electron chi connectivity index (χ4n) is 2.63. The summed E-state index contributed by atoms with van der Waals surface area (Å²) in [6.07, 6.45) is 1.54. The first kappa shape index (κ1) is 19.2. The minimum Gasteiger partial charge on any atom is -0.497 e. The SMILES string of the molecule is C=CCOC(=O)N1CC(SCc2ccc(OC)cc2)C[C@H]1C(=O)OC. The van der Waals surface area contributed by atoms with Crippen molar-refractivity contribution >= 4 is 23.8 Å². The van der Waals surface area contributed by atoms with Crippen molar-refractivity contribution in [3.05, 3.63) is 42.5 Å². The molecule has 25 heavy (non-hydrogen) atoms. The summed E-state index contributed by atoms with van der Waals surface area (Å²) in [7, 11) is 2.96. The highest BCUT2D eigenvalue weighted by molar-refractivity contribution is 7.99. The zero-order valence-corrected chi connectivity index (χ0v) is 15.3. The Morgan fingerprint density at radius 3 is 2.64 bits per heavy atom. The number of ether oxygens (including phenoxy) is 3. The van der Waals surface area contributed by atoms with Gasteiger partial charge in [0, 0.05) is 17.5 Å². The van der Waals surface area contributed by atoms with Crippen molar-refractivity contribution in [3.63, 3.8) is 0 Å². The van der Waals surface area contributed by atoms with E-state index in [2.05, 4.69) is 6.58 Å². The average Bonchev–Trinajstić information content (AvgIpc) is 3.08. The van der Waals surface area contributed by atoms with Gasteiger partial charge in [-0.25, -0.2) is 9.59 Å². The molecule has 0 N–H and O–H groups in total. The first-order chi connectivity index (χ1) is 12.1. The number of rotatable bonds is 7. The number of methoxy groups -OCH3 is 2. The summed E-state index contributed by atoms with van der Waals surface area (Å²) >= 11 is 1.71. The lowest BCUT2D eigenvalue weighted by atomic mass is 10.2. The Hall–Kier alpha value is -2.15. The summed E-state index contributed by atoms with van der Waals surface area (Å²) in [5.41, 5.74) is 1.16. The molecule has 0 aliphatic carbocycles. The van der Waals surface area contributed by atoms with Gasteiger partial charge in [-0.3, -0.25) is 4.90 Å². The molecule has 1 fully saturated rings. The monoisotopic (exact) mass is 365 g/mol. The average molecular weight is 365 g/mol. The van der Waals surface area contributed by atoms with E-state index in [1.807, 2.05) is 24.3 Å². The number of benzene rings is 1. The van der Waals surface area contributed by atoms with Crippen LogP contribution in [0.2, 0.25) is 0 Å². The highest BCUT2D eigenvalue weighted by atomic mass is 32.2. The van der Waals surface area contributed by atoms with E-state index in [-0.39, 0.29) is 11.9 Å². The van der Waals surface area contributed by atoms with E-state index in [0.717, 1.165) is 17.1 Å². The first-order valence-corrected chi connectivity index (χ1v) is 9.00. The molecule has 0 saturated carbocycles. The molecule has 2 rings (SSSR count). The van der Waals surface area contributed by atoms with Crippen LogP contribution in [0.5, 0.6) is 5.75 Å². The van der Waals surface area contributed by atoms with E-state index < -0.39 is 18.1 Å². The topological polar surface area (TPSA) is 65.1 Å². The van der Waals surface area contributed by atoms with Gasteiger partial charge in [0.05, 0.1) is 14.2 Å². The molecular weight excluding hydrogens is 342 g/mol. The van der Waals surface area contributed by atoms with E-state index in [4.69, 9.17) is 14.2 Å². The second-order valence-electron chi connectivity index (χ2n) is 5.57. The van der Waals surface area contributed by atoms with Crippen molar-refractivity contribution < 1.29 is 23.8 Å². The van der Waals surface area contributed by atoms with Gasteiger partial charge in [0.2, 0.25) is 0 Å². The minimum atomic E-state index is -0.601. The van der Waals surface area contributed by atoms with Gasteiger partial charge in [0.15, 0.2) is 0 Å². The fraction of sp³-hybridized carbons (Fsp3) is 0.444. The lowest BCUT2D eigenvalue weighted by molar-refractivity contribution is -0.145. The summed E-state index contributed by atoms with van der Waals surface area (Å²) in [6, 6.07) is 7.25. The number of thioether (sulfide) groups is 1. The van der Waals surface area contributed by atoms with Gasteiger partial charge in [0.25, 0.3) is 0 Å². The molecule has 1 aromatic carbocycles. The molecule has 0 aromatic heterocycles. The lowest BCUT2D eigenvalue weighted by Crippen LogP contribution is -2.41. The number of hydrogen-bond donors (Lipinski definition) is 0. The van der Waals surface area contributed by atoms with E-state index in [9.17, 15) is 9.59 Å². The predicted molar refractivity (Wildman–Crippen MR) is 96.7 cm³/mol. The highest BCUT2D eigenvalue weighted by Gasteiger charge is 2.41. The third-order valence-electron chi connectivity index (χ3n) is 3.94. The van der Waals surface area contributed by atoms with Crippen molar-refractivity contribution in [2.24, 2.45) is 0 Å². The molecule has 136 valence electrons. The van der Waals surface area contributed by atoms with Crippen LogP contribution in [0.3, 0.4) is 0 Å². The minimum absolute atomic E-state index is 0.118. The van der Waals surface area contributed by atoms with Gasteiger partial charge in [-0.15, -0.1) is 0 Å². The molecule has 1 aliphatic rings. The Balaban J connectivity index is 1.95. The van der Waals surface area contributed by atoms with Crippen molar-refractivity contribution in [1.82, 2.24) is 4.90 Å². The molecule has 1 amide bonds. The third kappa shape index (κ3) is 5.16. The number of carbonyl (C=O) groups excluding carboxylic acids is 2. The van der Waals surface area contributed by atoms with Crippen LogP contribution >= 0.6 is 11.8 Å². The smallest absolute Gasteiger partial charge is 0.410 e. The molecule has 2 atom stereocenters. The molecule has 1 aromatic rings. The Labute approximate surface area is 152 Å². The molecule has 1 aliphatic heterocycles. The quantitative estimate of drug-likeness (QED) is 0.547. The van der Waals surface area contributed by atoms with Crippen molar-refractivity contribution in [1.29, 1.82) is 0 Å². The molecular formula is C18H23NO5S. The maximum atomic E-state index is 12.2. The third-order valence-corrected chi connectivity index (χ3v) is 5.25. The zero-order chi connectivity index (χ0) is 18.2. The fourth-order valence-corrected chi connectivity index (χ4v) is 3.83. The molecule has 0 bridgehead atoms. The molecule has 0 radical (unpaired) electrons. The Kier molecular flexibility index (Phi) is 7.18. The van der Waals surface area contributed by atoms with Crippen molar-refractivity contribution in [2.75, 3.05) is 27.4 Å². The van der Waals surface area contributed by atoms with Gasteiger partial charge in [-0.1, -0.05) is 24.8 Å². The number of nitrogens with zero attached hydrogens (tertiary/aromatic N) is 1. The van der Waals surface area contributed by atoms with Gasteiger partial charge >= 0.3 is 12.1 Å². The number of carbonyl (C=O) groups is 2. The van der Waals surface area contributed by atoms with Crippen LogP contribution < -0.4 is 4.74 Å². The maximum Gasteiger partial charge on any atom is 0.410 e. The Morgan fingerprint density at radius 1 is 1.32 bits per heavy atom. The van der Waals surface area contributed by atoms with Crippen molar-refractivity contribution in [3.8, 4) is 5.75 Å². The van der Waals surface area contributed by atoms with E-state index >= 15 is 0 Å². The van der Waals surface area contributed by atoms with Crippen LogP contribution in [-0.2, 0) is 20.0 Å². The number of likely N-dealkylation sites (tertiary alicyclic amines) is 1. The highest BCUT2D eigenvalue weighted by Crippen LogP contribution is 2.31. The van der Waals surface area contributed by atoms with Gasteiger partial charge in [-0.2, -0.15) is 11.8 Å². The van der Waals surface area contributed by atoms with Crippen LogP contribution in [0.1, 0.15) is 12.0 Å². The second kappa shape index (κ2) is 9.36. The second-order valence-corrected chi connectivity index (χ2v) is 6.86. The molecule has 1 saturated heterocycles. The number of amides is 1. The molecule has 1 unspecified atom stereocenters. The van der Waals surface area contributed by atoms with Crippen LogP contribution in [-0.4, -0.2) is 55.6 Å². The molecule has 0 spiro atoms. The van der Waals surface area contributed by atoms with Gasteiger partial charge in [0.1, 0.15) is 18.4 Å². The summed E-state index contributed by atoms with van der Waals surface area (Å²) in [4.78, 5) is 25.6. The summed E-state index contributed by atoms with van der Waals surface area (Å²) in [6.45, 7) is 4.09. The lowest BCUT2D eigenvalue weighted by Gasteiger charge is -2.21. The van der Waals surface area contributed by atoms with Crippen LogP contribution in [0.25, 0.3) is 0 Å². The Bertz CT molecular complexity index is 604. The van der Waals surface area contributed by atoms with Gasteiger partial charge in [-0.05, 0) is 24.1 Å². The summed E-state index contributed by atoms with van der Waals surface area (Å²) < 4.78 is 15.0. The first-order valence-electron chi connectivity index (χ1n) is 7.95. The maximum absolute atomic E-state index is 12.2. The molecule has 1 heterocycles. The predicted octanol–water partition coefficient (Wildman–Crippen LogP) is 2.87. The van der Waals surface area contributed by atoms with E-state index in [1.165, 1.54) is 18.1 Å². The van der Waals surface area contributed by atoms with E-state index in [1.54, 1.807) is 18.9 Å². The largest absolute Gasteiger partial charge is 0.497 e. The van der Waals surface area contributed by atoms with Crippen LogP contribution in [0.4, 0.5) is 4.79 Å². The molecule has 7 heteroatoms. The van der Waals surface area contributed by atoms with Gasteiger partial charge < -0.3 is 14.2 Å². The molecule has 6 nitrogen and oxygen atoms in total. The number of hydrogen-bond acceptors (Lipinski definition) is 6. The zero-order valence-electron chi connectivity index (χ0n) is 14.5.